The van der Waals surface area contributed by atoms with E-state index in [0.717, 1.165) is 35.1 Å². The lowest BCUT2D eigenvalue weighted by Crippen LogP contribution is -2.23. The predicted octanol–water partition coefficient (Wildman–Crippen LogP) is 2.99. The maximum absolute atomic E-state index is 12.6. The molecule has 1 aliphatic carbocycles. The molecule has 7 nitrogen and oxygen atoms in total. The predicted molar refractivity (Wildman–Crippen MR) is 116 cm³/mol. The molecule has 1 aromatic heterocycles. The summed E-state index contributed by atoms with van der Waals surface area (Å²) in [5.41, 5.74) is 3.85. The Labute approximate surface area is 180 Å². The van der Waals surface area contributed by atoms with Crippen molar-refractivity contribution in [3.63, 3.8) is 0 Å². The van der Waals surface area contributed by atoms with Crippen LogP contribution in [0.1, 0.15) is 60.4 Å². The summed E-state index contributed by atoms with van der Waals surface area (Å²) >= 11 is 0. The van der Waals surface area contributed by atoms with Crippen LogP contribution in [0.2, 0.25) is 0 Å². The van der Waals surface area contributed by atoms with Crippen molar-refractivity contribution in [1.29, 1.82) is 0 Å². The fraction of sp³-hybridized carbons (Fsp3) is 0.375. The van der Waals surface area contributed by atoms with Crippen molar-refractivity contribution in [2.24, 2.45) is 0 Å². The average molecular weight is 422 g/mol. The van der Waals surface area contributed by atoms with E-state index in [1.807, 2.05) is 36.4 Å². The number of aryl methyl sites for hydroxylation is 1. The van der Waals surface area contributed by atoms with Crippen LogP contribution in [0, 0.1) is 0 Å². The molecule has 1 atom stereocenters. The van der Waals surface area contributed by atoms with Gasteiger partial charge in [0.2, 0.25) is 5.91 Å². The van der Waals surface area contributed by atoms with E-state index in [1.54, 1.807) is 7.11 Å². The number of carbonyl (C=O) groups excluding carboxylic acids is 1. The van der Waals surface area contributed by atoms with Gasteiger partial charge in [-0.2, -0.15) is 0 Å². The van der Waals surface area contributed by atoms with Crippen LogP contribution in [-0.4, -0.2) is 35.1 Å². The van der Waals surface area contributed by atoms with Gasteiger partial charge in [-0.25, -0.2) is 0 Å². The van der Waals surface area contributed by atoms with E-state index < -0.39 is 5.97 Å². The third-order valence-electron chi connectivity index (χ3n) is 5.85. The monoisotopic (exact) mass is 422 g/mol. The summed E-state index contributed by atoms with van der Waals surface area (Å²) in [6.07, 6.45) is 5.62. The molecule has 2 aromatic rings. The molecule has 0 unspecified atom stereocenters. The minimum atomic E-state index is -0.864. The number of methoxy groups -OCH3 is 1. The van der Waals surface area contributed by atoms with Gasteiger partial charge >= 0.3 is 5.97 Å². The molecule has 3 N–H and O–H groups in total. The van der Waals surface area contributed by atoms with Crippen LogP contribution in [0.5, 0.6) is 5.75 Å². The number of H-pyrrole nitrogens is 1. The van der Waals surface area contributed by atoms with E-state index in [-0.39, 0.29) is 23.9 Å². The highest BCUT2D eigenvalue weighted by Crippen LogP contribution is 2.38. The normalized spacial score (nSPS) is 18.7. The first kappa shape index (κ1) is 20.9. The lowest BCUT2D eigenvalue weighted by atomic mass is 9.96. The number of benzene rings is 1. The van der Waals surface area contributed by atoms with Crippen molar-refractivity contribution in [1.82, 2.24) is 10.3 Å². The lowest BCUT2D eigenvalue weighted by Gasteiger charge is -2.15. The van der Waals surface area contributed by atoms with E-state index in [0.29, 0.717) is 36.6 Å². The number of hydrogen-bond acceptors (Lipinski definition) is 4. The summed E-state index contributed by atoms with van der Waals surface area (Å²) in [6.45, 7) is 0. The minimum absolute atomic E-state index is 0.0137. The number of nitrogens with one attached hydrogen (secondary N) is 2. The van der Waals surface area contributed by atoms with Gasteiger partial charge in [0.15, 0.2) is 0 Å². The number of carboxylic acids is 1. The van der Waals surface area contributed by atoms with E-state index in [2.05, 4.69) is 10.3 Å². The third kappa shape index (κ3) is 4.87. The zero-order valence-electron chi connectivity index (χ0n) is 17.4. The van der Waals surface area contributed by atoms with Crippen molar-refractivity contribution in [2.75, 3.05) is 7.11 Å². The van der Waals surface area contributed by atoms with Crippen LogP contribution in [-0.2, 0) is 16.0 Å². The summed E-state index contributed by atoms with van der Waals surface area (Å²) < 4.78 is 5.51. The average Bonchev–Trinajstić information content (AvgIpc) is 3.51. The SMILES string of the molecule is COc1cc(/C(=C\[C@H]2CCC(=O)N2)c2ccc(C3CC3)c(=O)[nH]2)ccc1CCC(=O)O. The maximum Gasteiger partial charge on any atom is 0.303 e. The van der Waals surface area contributed by atoms with E-state index in [9.17, 15) is 14.4 Å². The van der Waals surface area contributed by atoms with E-state index in [1.165, 1.54) is 0 Å². The van der Waals surface area contributed by atoms with Crippen LogP contribution >= 0.6 is 0 Å². The molecule has 1 aliphatic heterocycles. The van der Waals surface area contributed by atoms with Gasteiger partial charge < -0.3 is 20.1 Å². The second-order valence-electron chi connectivity index (χ2n) is 8.14. The molecule has 0 radical (unpaired) electrons. The van der Waals surface area contributed by atoms with Gasteiger partial charge in [0.1, 0.15) is 5.75 Å². The Balaban J connectivity index is 1.73. The van der Waals surface area contributed by atoms with Gasteiger partial charge in [-0.3, -0.25) is 14.4 Å². The van der Waals surface area contributed by atoms with Crippen LogP contribution in [0.3, 0.4) is 0 Å². The Morgan fingerprint density at radius 2 is 2.00 bits per heavy atom. The second-order valence-corrected chi connectivity index (χ2v) is 8.14. The number of ether oxygens (including phenoxy) is 1. The molecule has 31 heavy (non-hydrogen) atoms. The van der Waals surface area contributed by atoms with Crippen LogP contribution in [0.15, 0.2) is 41.2 Å². The second kappa shape index (κ2) is 8.79. The first-order chi connectivity index (χ1) is 14.9. The topological polar surface area (TPSA) is 108 Å². The standard InChI is InChI=1S/C24H26N2O5/c1-31-21-12-16(5-4-15(21)6-11-23(28)29)19(13-17-7-10-22(27)25-17)20-9-8-18(14-2-3-14)24(30)26-20/h4-5,8-9,12-14,17H,2-3,6-7,10-11H2,1H3,(H,25,27)(H,26,30)(H,28,29)/b19-13+/t17-/m1/s1. The number of pyridine rings is 1. The van der Waals surface area contributed by atoms with Gasteiger partial charge in [-0.05, 0) is 54.9 Å². The van der Waals surface area contributed by atoms with Gasteiger partial charge in [-0.15, -0.1) is 0 Å². The highest BCUT2D eigenvalue weighted by atomic mass is 16.5. The Morgan fingerprint density at radius 3 is 2.61 bits per heavy atom. The number of rotatable bonds is 8. The minimum Gasteiger partial charge on any atom is -0.496 e. The fourth-order valence-electron chi connectivity index (χ4n) is 4.02. The maximum atomic E-state index is 12.6. The first-order valence-corrected chi connectivity index (χ1v) is 10.6. The number of aromatic nitrogens is 1. The van der Waals surface area contributed by atoms with Crippen LogP contribution in [0.25, 0.3) is 5.57 Å². The molecular weight excluding hydrogens is 396 g/mol. The zero-order chi connectivity index (χ0) is 22.0. The van der Waals surface area contributed by atoms with Crippen molar-refractivity contribution >= 4 is 17.4 Å². The van der Waals surface area contributed by atoms with Gasteiger partial charge in [-0.1, -0.05) is 24.3 Å². The number of aliphatic carboxylic acids is 1. The Morgan fingerprint density at radius 1 is 1.19 bits per heavy atom. The molecule has 1 aromatic carbocycles. The van der Waals surface area contributed by atoms with Gasteiger partial charge in [0, 0.05) is 35.7 Å². The Hall–Kier alpha value is -3.35. The van der Waals surface area contributed by atoms with E-state index >= 15 is 0 Å². The molecule has 1 saturated heterocycles. The Kier molecular flexibility index (Phi) is 5.93. The summed E-state index contributed by atoms with van der Waals surface area (Å²) in [5, 5.41) is 11.9. The molecule has 0 bridgehead atoms. The summed E-state index contributed by atoms with van der Waals surface area (Å²) in [6, 6.07) is 9.30. The number of amides is 1. The number of carboxylic acid groups (broad SMARTS) is 1. The highest BCUT2D eigenvalue weighted by molar-refractivity contribution is 5.82. The highest BCUT2D eigenvalue weighted by Gasteiger charge is 2.27. The summed E-state index contributed by atoms with van der Waals surface area (Å²) in [7, 11) is 1.55. The smallest absolute Gasteiger partial charge is 0.303 e. The Bertz CT molecular complexity index is 1100. The molecular formula is C24H26N2O5. The van der Waals surface area contributed by atoms with Crippen molar-refractivity contribution in [3.05, 3.63) is 69.1 Å². The molecule has 1 amide bonds. The largest absolute Gasteiger partial charge is 0.496 e. The van der Waals surface area contributed by atoms with Crippen LogP contribution < -0.4 is 15.6 Å². The van der Waals surface area contributed by atoms with Crippen LogP contribution in [0.4, 0.5) is 0 Å². The number of hydrogen-bond donors (Lipinski definition) is 3. The number of carbonyl (C=O) groups is 2. The van der Waals surface area contributed by atoms with E-state index in [4.69, 9.17) is 9.84 Å². The molecule has 2 aliphatic rings. The first-order valence-electron chi connectivity index (χ1n) is 10.6. The van der Waals surface area contributed by atoms with Gasteiger partial charge in [0.05, 0.1) is 7.11 Å². The third-order valence-corrected chi connectivity index (χ3v) is 5.85. The van der Waals surface area contributed by atoms with Gasteiger partial charge in [0.25, 0.3) is 5.56 Å². The quantitative estimate of drug-likeness (QED) is 0.606. The molecule has 1 saturated carbocycles. The molecule has 162 valence electrons. The number of aromatic amines is 1. The molecule has 2 heterocycles. The molecule has 0 spiro atoms. The lowest BCUT2D eigenvalue weighted by molar-refractivity contribution is -0.137. The van der Waals surface area contributed by atoms with Crippen molar-refractivity contribution in [3.8, 4) is 5.75 Å². The summed E-state index contributed by atoms with van der Waals surface area (Å²) in [4.78, 5) is 38.3. The fourth-order valence-corrected chi connectivity index (χ4v) is 4.02. The molecule has 4 rings (SSSR count). The molecule has 7 heteroatoms. The molecule has 2 fully saturated rings. The zero-order valence-corrected chi connectivity index (χ0v) is 17.4. The summed E-state index contributed by atoms with van der Waals surface area (Å²) in [5.74, 6) is 0.0989. The van der Waals surface area contributed by atoms with Crippen molar-refractivity contribution < 1.29 is 19.4 Å². The van der Waals surface area contributed by atoms with Crippen molar-refractivity contribution in [2.45, 2.75) is 50.5 Å².